The molecule has 2 aliphatic heterocycles. The summed E-state index contributed by atoms with van der Waals surface area (Å²) in [5.41, 5.74) is 6.43. The summed E-state index contributed by atoms with van der Waals surface area (Å²) in [5, 5.41) is 3.93. The van der Waals surface area contributed by atoms with Gasteiger partial charge in [0.05, 0.1) is 0 Å². The van der Waals surface area contributed by atoms with Crippen LogP contribution in [0.4, 0.5) is 11.5 Å². The van der Waals surface area contributed by atoms with Crippen molar-refractivity contribution in [1.82, 2.24) is 9.88 Å². The van der Waals surface area contributed by atoms with Crippen LogP contribution in [0.2, 0.25) is 5.15 Å². The lowest BCUT2D eigenvalue weighted by molar-refractivity contribution is 0.318. The maximum absolute atomic E-state index is 5.91. The van der Waals surface area contributed by atoms with Gasteiger partial charge in [0.2, 0.25) is 0 Å². The molecule has 1 aromatic heterocycles. The summed E-state index contributed by atoms with van der Waals surface area (Å²) < 4.78 is 0. The summed E-state index contributed by atoms with van der Waals surface area (Å²) in [6, 6.07) is 4.67. The van der Waals surface area contributed by atoms with E-state index < -0.39 is 0 Å². The smallest absolute Gasteiger partial charge is 0.133 e. The largest absolute Gasteiger partial charge is 0.399 e. The fourth-order valence-electron chi connectivity index (χ4n) is 3.03. The molecular weight excluding hydrogens is 236 g/mol. The number of nitrogens with zero attached hydrogens (tertiary/aromatic N) is 2. The highest BCUT2D eigenvalue weighted by Gasteiger charge is 2.37. The molecule has 2 unspecified atom stereocenters. The van der Waals surface area contributed by atoms with E-state index in [0.717, 1.165) is 5.82 Å². The van der Waals surface area contributed by atoms with Crippen molar-refractivity contribution in [2.45, 2.75) is 31.3 Å². The van der Waals surface area contributed by atoms with E-state index in [1.165, 1.54) is 32.4 Å². The van der Waals surface area contributed by atoms with Crippen LogP contribution in [-0.4, -0.2) is 35.1 Å². The highest BCUT2D eigenvalue weighted by atomic mass is 35.5. The lowest BCUT2D eigenvalue weighted by Crippen LogP contribution is -2.34. The molecule has 4 nitrogen and oxygen atoms in total. The highest BCUT2D eigenvalue weighted by Crippen LogP contribution is 2.30. The predicted octanol–water partition coefficient (Wildman–Crippen LogP) is 1.97. The normalized spacial score (nSPS) is 28.3. The molecule has 0 aromatic carbocycles. The lowest BCUT2D eigenvalue weighted by atomic mass is 10.1. The van der Waals surface area contributed by atoms with Gasteiger partial charge in [0.1, 0.15) is 11.0 Å². The molecule has 0 radical (unpaired) electrons. The molecule has 92 valence electrons. The Morgan fingerprint density at radius 2 is 2.24 bits per heavy atom. The van der Waals surface area contributed by atoms with Gasteiger partial charge in [0, 0.05) is 30.4 Å². The van der Waals surface area contributed by atoms with E-state index in [2.05, 4.69) is 15.2 Å². The van der Waals surface area contributed by atoms with Crippen molar-refractivity contribution in [2.75, 3.05) is 24.1 Å². The van der Waals surface area contributed by atoms with Crippen LogP contribution in [0.25, 0.3) is 0 Å². The maximum Gasteiger partial charge on any atom is 0.133 e. The van der Waals surface area contributed by atoms with E-state index in [-0.39, 0.29) is 0 Å². The number of pyridine rings is 1. The Hall–Kier alpha value is -1.00. The zero-order chi connectivity index (χ0) is 11.8. The molecule has 3 rings (SSSR count). The molecule has 0 spiro atoms. The van der Waals surface area contributed by atoms with Gasteiger partial charge in [-0.3, -0.25) is 4.90 Å². The van der Waals surface area contributed by atoms with Crippen LogP contribution in [-0.2, 0) is 0 Å². The van der Waals surface area contributed by atoms with E-state index in [1.807, 2.05) is 6.07 Å². The van der Waals surface area contributed by atoms with E-state index in [1.54, 1.807) is 6.07 Å². The average Bonchev–Trinajstić information content (AvgIpc) is 2.81. The lowest BCUT2D eigenvalue weighted by Gasteiger charge is -2.21. The second-order valence-electron chi connectivity index (χ2n) is 4.89. The van der Waals surface area contributed by atoms with Crippen molar-refractivity contribution >= 4 is 23.1 Å². The maximum atomic E-state index is 5.91. The summed E-state index contributed by atoms with van der Waals surface area (Å²) in [6.45, 7) is 2.44. The molecule has 0 bridgehead atoms. The molecule has 2 saturated heterocycles. The second kappa shape index (κ2) is 4.35. The van der Waals surface area contributed by atoms with Crippen molar-refractivity contribution in [3.05, 3.63) is 17.3 Å². The molecule has 5 heteroatoms. The first kappa shape index (κ1) is 11.1. The van der Waals surface area contributed by atoms with Gasteiger partial charge in [0.15, 0.2) is 0 Å². The van der Waals surface area contributed by atoms with Gasteiger partial charge in [-0.25, -0.2) is 4.98 Å². The number of aromatic nitrogens is 1. The van der Waals surface area contributed by atoms with Crippen LogP contribution in [0.1, 0.15) is 19.3 Å². The fraction of sp³-hybridized carbons (Fsp3) is 0.583. The SMILES string of the molecule is Nc1cc(Cl)nc(NC2CCN3CCCC23)c1. The average molecular weight is 253 g/mol. The molecule has 2 atom stereocenters. The van der Waals surface area contributed by atoms with E-state index >= 15 is 0 Å². The van der Waals surface area contributed by atoms with Gasteiger partial charge in [-0.2, -0.15) is 0 Å². The molecule has 2 fully saturated rings. The zero-order valence-corrected chi connectivity index (χ0v) is 10.5. The Morgan fingerprint density at radius 1 is 1.35 bits per heavy atom. The Kier molecular flexibility index (Phi) is 2.84. The summed E-state index contributed by atoms with van der Waals surface area (Å²) in [6.07, 6.45) is 3.78. The van der Waals surface area contributed by atoms with E-state index in [4.69, 9.17) is 17.3 Å². The fourth-order valence-corrected chi connectivity index (χ4v) is 3.25. The highest BCUT2D eigenvalue weighted by molar-refractivity contribution is 6.29. The predicted molar refractivity (Wildman–Crippen MR) is 70.3 cm³/mol. The van der Waals surface area contributed by atoms with Crippen molar-refractivity contribution in [3.63, 3.8) is 0 Å². The zero-order valence-electron chi connectivity index (χ0n) is 9.69. The molecular formula is C12H17ClN4. The topological polar surface area (TPSA) is 54.2 Å². The quantitative estimate of drug-likeness (QED) is 0.791. The second-order valence-corrected chi connectivity index (χ2v) is 5.28. The van der Waals surface area contributed by atoms with Gasteiger partial charge in [-0.05, 0) is 31.9 Å². The van der Waals surface area contributed by atoms with Crippen LogP contribution in [0, 0.1) is 0 Å². The standard InChI is InChI=1S/C12H17ClN4/c13-11-6-8(14)7-12(16-11)15-9-3-5-17-4-1-2-10(9)17/h6-7,9-10H,1-5H2,(H3,14,15,16). The van der Waals surface area contributed by atoms with Crippen molar-refractivity contribution in [2.24, 2.45) is 0 Å². The third-order valence-electron chi connectivity index (χ3n) is 3.76. The van der Waals surface area contributed by atoms with E-state index in [0.29, 0.717) is 22.9 Å². The Labute approximate surface area is 106 Å². The molecule has 3 N–H and O–H groups in total. The number of rotatable bonds is 2. The van der Waals surface area contributed by atoms with Crippen LogP contribution >= 0.6 is 11.6 Å². The van der Waals surface area contributed by atoms with Crippen LogP contribution in [0.3, 0.4) is 0 Å². The first-order chi connectivity index (χ1) is 8.22. The summed E-state index contributed by atoms with van der Waals surface area (Å²) in [4.78, 5) is 6.83. The minimum Gasteiger partial charge on any atom is -0.399 e. The number of nitrogens with one attached hydrogen (secondary N) is 1. The van der Waals surface area contributed by atoms with Gasteiger partial charge in [0.25, 0.3) is 0 Å². The van der Waals surface area contributed by atoms with E-state index in [9.17, 15) is 0 Å². The summed E-state index contributed by atoms with van der Waals surface area (Å²) in [5.74, 6) is 0.800. The number of halogens is 1. The first-order valence-electron chi connectivity index (χ1n) is 6.16. The first-order valence-corrected chi connectivity index (χ1v) is 6.54. The number of hydrogen-bond donors (Lipinski definition) is 2. The Balaban J connectivity index is 1.74. The molecule has 0 amide bonds. The van der Waals surface area contributed by atoms with Crippen molar-refractivity contribution in [1.29, 1.82) is 0 Å². The number of fused-ring (bicyclic) bond motifs is 1. The molecule has 17 heavy (non-hydrogen) atoms. The number of hydrogen-bond acceptors (Lipinski definition) is 4. The molecule has 2 aliphatic rings. The molecule has 0 saturated carbocycles. The monoisotopic (exact) mass is 252 g/mol. The van der Waals surface area contributed by atoms with Crippen LogP contribution in [0.15, 0.2) is 12.1 Å². The number of anilines is 2. The number of nitrogen functional groups attached to an aromatic ring is 1. The molecule has 1 aromatic rings. The molecule has 3 heterocycles. The molecule has 0 aliphatic carbocycles. The van der Waals surface area contributed by atoms with Gasteiger partial charge < -0.3 is 11.1 Å². The summed E-state index contributed by atoms with van der Waals surface area (Å²) >= 11 is 5.91. The number of nitrogens with two attached hydrogens (primary N) is 1. The van der Waals surface area contributed by atoms with Gasteiger partial charge >= 0.3 is 0 Å². The van der Waals surface area contributed by atoms with Crippen LogP contribution < -0.4 is 11.1 Å². The third kappa shape index (κ3) is 2.19. The minimum absolute atomic E-state index is 0.453. The van der Waals surface area contributed by atoms with Crippen LogP contribution in [0.5, 0.6) is 0 Å². The van der Waals surface area contributed by atoms with Gasteiger partial charge in [-0.15, -0.1) is 0 Å². The van der Waals surface area contributed by atoms with Crippen molar-refractivity contribution in [3.8, 4) is 0 Å². The Morgan fingerprint density at radius 3 is 3.06 bits per heavy atom. The van der Waals surface area contributed by atoms with Gasteiger partial charge in [-0.1, -0.05) is 11.6 Å². The Bertz CT molecular complexity index is 403. The third-order valence-corrected chi connectivity index (χ3v) is 3.95. The minimum atomic E-state index is 0.453. The van der Waals surface area contributed by atoms with Crippen molar-refractivity contribution < 1.29 is 0 Å². The summed E-state index contributed by atoms with van der Waals surface area (Å²) in [7, 11) is 0.